The zero-order valence-electron chi connectivity index (χ0n) is 13.3. The molecule has 2 heterocycles. The van der Waals surface area contributed by atoms with Gasteiger partial charge in [0.25, 0.3) is 5.56 Å². The number of ether oxygens (including phenoxy) is 1. The molecule has 0 fully saturated rings. The highest BCUT2D eigenvalue weighted by Crippen LogP contribution is 2.24. The van der Waals surface area contributed by atoms with Crippen LogP contribution in [0, 0.1) is 13.8 Å². The Kier molecular flexibility index (Phi) is 4.73. The molecule has 0 amide bonds. The summed E-state index contributed by atoms with van der Waals surface area (Å²) < 4.78 is 7.51. The van der Waals surface area contributed by atoms with Crippen molar-refractivity contribution in [3.8, 4) is 5.75 Å². The minimum absolute atomic E-state index is 0.00872. The van der Waals surface area contributed by atoms with Crippen LogP contribution in [0.2, 0.25) is 0 Å². The van der Waals surface area contributed by atoms with Gasteiger partial charge in [0, 0.05) is 12.8 Å². The molecule has 0 aliphatic rings. The van der Waals surface area contributed by atoms with Crippen LogP contribution in [-0.4, -0.2) is 21.9 Å². The van der Waals surface area contributed by atoms with Crippen molar-refractivity contribution >= 4 is 33.3 Å². The molecule has 23 heavy (non-hydrogen) atoms. The van der Waals surface area contributed by atoms with E-state index in [9.17, 15) is 4.79 Å². The van der Waals surface area contributed by atoms with E-state index in [1.807, 2.05) is 43.5 Å². The first-order valence-corrected chi connectivity index (χ1v) is 9.20. The molecule has 3 aromatic rings. The van der Waals surface area contributed by atoms with Gasteiger partial charge >= 0.3 is 0 Å². The predicted molar refractivity (Wildman–Crippen MR) is 97.0 cm³/mol. The van der Waals surface area contributed by atoms with E-state index in [-0.39, 0.29) is 5.56 Å². The van der Waals surface area contributed by atoms with Gasteiger partial charge in [0.2, 0.25) is 0 Å². The zero-order chi connectivity index (χ0) is 16.4. The van der Waals surface area contributed by atoms with Gasteiger partial charge in [-0.1, -0.05) is 30.0 Å². The average Bonchev–Trinajstić information content (AvgIpc) is 2.99. The van der Waals surface area contributed by atoms with Crippen molar-refractivity contribution in [3.63, 3.8) is 0 Å². The first-order valence-electron chi connectivity index (χ1n) is 7.34. The van der Waals surface area contributed by atoms with E-state index in [1.165, 1.54) is 11.3 Å². The van der Waals surface area contributed by atoms with Gasteiger partial charge in [0.1, 0.15) is 10.6 Å². The third-order valence-corrected chi connectivity index (χ3v) is 5.43. The number of thiophene rings is 1. The van der Waals surface area contributed by atoms with Gasteiger partial charge in [-0.25, -0.2) is 4.98 Å². The molecule has 0 N–H and O–H groups in total. The van der Waals surface area contributed by atoms with Gasteiger partial charge in [-0.05, 0) is 36.4 Å². The molecule has 0 aliphatic carbocycles. The topological polar surface area (TPSA) is 44.1 Å². The SMILES string of the molecule is Cc1cccc(C)c1OCCSc1nc2sccc2c(=O)n1C. The smallest absolute Gasteiger partial charge is 0.262 e. The Bertz CT molecular complexity index is 879. The molecular weight excluding hydrogens is 328 g/mol. The van der Waals surface area contributed by atoms with E-state index >= 15 is 0 Å². The van der Waals surface area contributed by atoms with E-state index in [4.69, 9.17) is 4.74 Å². The van der Waals surface area contributed by atoms with Crippen molar-refractivity contribution < 1.29 is 4.74 Å². The van der Waals surface area contributed by atoms with Crippen molar-refractivity contribution in [3.05, 3.63) is 51.1 Å². The van der Waals surface area contributed by atoms with Crippen LogP contribution in [0.3, 0.4) is 0 Å². The van der Waals surface area contributed by atoms with E-state index in [0.717, 1.165) is 32.6 Å². The number of benzene rings is 1. The van der Waals surface area contributed by atoms with Crippen LogP contribution in [-0.2, 0) is 7.05 Å². The van der Waals surface area contributed by atoms with E-state index < -0.39 is 0 Å². The molecule has 0 radical (unpaired) electrons. The van der Waals surface area contributed by atoms with E-state index in [0.29, 0.717) is 12.0 Å². The largest absolute Gasteiger partial charge is 0.492 e. The molecule has 3 rings (SSSR count). The molecule has 6 heteroatoms. The highest BCUT2D eigenvalue weighted by atomic mass is 32.2. The van der Waals surface area contributed by atoms with Gasteiger partial charge in [-0.3, -0.25) is 9.36 Å². The number of aryl methyl sites for hydroxylation is 2. The molecule has 0 aliphatic heterocycles. The molecule has 0 unspecified atom stereocenters. The van der Waals surface area contributed by atoms with Crippen LogP contribution in [0.5, 0.6) is 5.75 Å². The summed E-state index contributed by atoms with van der Waals surface area (Å²) in [6.45, 7) is 4.67. The van der Waals surface area contributed by atoms with Gasteiger partial charge in [-0.2, -0.15) is 0 Å². The summed E-state index contributed by atoms with van der Waals surface area (Å²) in [7, 11) is 1.77. The lowest BCUT2D eigenvalue weighted by Gasteiger charge is -2.12. The summed E-state index contributed by atoms with van der Waals surface area (Å²) in [4.78, 5) is 17.6. The molecule has 0 saturated carbocycles. The lowest BCUT2D eigenvalue weighted by atomic mass is 10.1. The number of fused-ring (bicyclic) bond motifs is 1. The maximum Gasteiger partial charge on any atom is 0.262 e. The van der Waals surface area contributed by atoms with Crippen LogP contribution in [0.25, 0.3) is 10.2 Å². The Morgan fingerprint density at radius 1 is 1.26 bits per heavy atom. The molecule has 0 atom stereocenters. The quantitative estimate of drug-likeness (QED) is 0.401. The minimum atomic E-state index is 0.00872. The minimum Gasteiger partial charge on any atom is -0.492 e. The lowest BCUT2D eigenvalue weighted by molar-refractivity contribution is 0.339. The Morgan fingerprint density at radius 3 is 2.74 bits per heavy atom. The Labute approximate surface area is 143 Å². The number of thioether (sulfide) groups is 1. The average molecular weight is 346 g/mol. The Morgan fingerprint density at radius 2 is 2.00 bits per heavy atom. The number of aromatic nitrogens is 2. The van der Waals surface area contributed by atoms with Crippen LogP contribution in [0.15, 0.2) is 39.6 Å². The third kappa shape index (κ3) is 3.28. The summed E-state index contributed by atoms with van der Waals surface area (Å²) >= 11 is 3.04. The normalized spacial score (nSPS) is 11.1. The maximum absolute atomic E-state index is 12.2. The highest BCUT2D eigenvalue weighted by molar-refractivity contribution is 7.99. The van der Waals surface area contributed by atoms with Crippen molar-refractivity contribution in [2.24, 2.45) is 7.05 Å². The van der Waals surface area contributed by atoms with E-state index in [2.05, 4.69) is 4.98 Å². The molecule has 120 valence electrons. The molecule has 2 aromatic heterocycles. The fraction of sp³-hybridized carbons (Fsp3) is 0.294. The van der Waals surface area contributed by atoms with Gasteiger partial charge in [0.05, 0.1) is 12.0 Å². The van der Waals surface area contributed by atoms with Crippen LogP contribution in [0.4, 0.5) is 0 Å². The fourth-order valence-electron chi connectivity index (χ4n) is 2.41. The second-order valence-electron chi connectivity index (χ2n) is 5.32. The van der Waals surface area contributed by atoms with Gasteiger partial charge in [-0.15, -0.1) is 11.3 Å². The lowest BCUT2D eigenvalue weighted by Crippen LogP contribution is -2.19. The van der Waals surface area contributed by atoms with Crippen molar-refractivity contribution in [2.45, 2.75) is 19.0 Å². The first-order chi connectivity index (χ1) is 11.1. The fourth-order valence-corrected chi connectivity index (χ4v) is 4.01. The Hall–Kier alpha value is -1.79. The van der Waals surface area contributed by atoms with Crippen LogP contribution < -0.4 is 10.3 Å². The molecule has 4 nitrogen and oxygen atoms in total. The van der Waals surface area contributed by atoms with Gasteiger partial charge < -0.3 is 4.74 Å². The summed E-state index contributed by atoms with van der Waals surface area (Å²) in [6.07, 6.45) is 0. The molecule has 0 bridgehead atoms. The van der Waals surface area contributed by atoms with Crippen LogP contribution in [0.1, 0.15) is 11.1 Å². The predicted octanol–water partition coefficient (Wildman–Crippen LogP) is 3.78. The first kappa shape index (κ1) is 16.1. The summed E-state index contributed by atoms with van der Waals surface area (Å²) in [5.41, 5.74) is 2.29. The second-order valence-corrected chi connectivity index (χ2v) is 7.27. The molecule has 1 aromatic carbocycles. The number of hydrogen-bond donors (Lipinski definition) is 0. The second kappa shape index (κ2) is 6.76. The standard InChI is InChI=1S/C17H18N2O2S2/c1-11-5-4-6-12(2)14(11)21-8-10-23-17-18-15-13(7-9-22-15)16(20)19(17)3/h4-7,9H,8,10H2,1-3H3. The van der Waals surface area contributed by atoms with E-state index in [1.54, 1.807) is 23.4 Å². The number of rotatable bonds is 5. The number of hydrogen-bond acceptors (Lipinski definition) is 5. The number of para-hydroxylation sites is 1. The van der Waals surface area contributed by atoms with Crippen molar-refractivity contribution in [1.82, 2.24) is 9.55 Å². The summed E-state index contributed by atoms with van der Waals surface area (Å²) in [5, 5.41) is 3.32. The zero-order valence-corrected chi connectivity index (χ0v) is 15.0. The monoisotopic (exact) mass is 346 g/mol. The van der Waals surface area contributed by atoms with Crippen molar-refractivity contribution in [2.75, 3.05) is 12.4 Å². The maximum atomic E-state index is 12.2. The highest BCUT2D eigenvalue weighted by Gasteiger charge is 2.10. The Balaban J connectivity index is 1.67. The van der Waals surface area contributed by atoms with Crippen LogP contribution >= 0.6 is 23.1 Å². The van der Waals surface area contributed by atoms with Crippen molar-refractivity contribution in [1.29, 1.82) is 0 Å². The third-order valence-electron chi connectivity index (χ3n) is 3.63. The summed E-state index contributed by atoms with van der Waals surface area (Å²) in [6, 6.07) is 7.95. The number of nitrogens with zero attached hydrogens (tertiary/aromatic N) is 2. The van der Waals surface area contributed by atoms with Gasteiger partial charge in [0.15, 0.2) is 5.16 Å². The molecular formula is C17H18N2O2S2. The molecule has 0 spiro atoms. The summed E-state index contributed by atoms with van der Waals surface area (Å²) in [5.74, 6) is 1.69. The molecule has 0 saturated heterocycles.